The Bertz CT molecular complexity index is 357. The molecule has 0 saturated heterocycles. The molecule has 1 atom stereocenters. The summed E-state index contributed by atoms with van der Waals surface area (Å²) in [5.41, 5.74) is -0.0284. The SMILES string of the molecule is COCC(O)CN(C)Cc1ncc(C(C)(C)C)o1. The molecule has 0 saturated carbocycles. The third-order valence-electron chi connectivity index (χ3n) is 2.58. The first-order valence-electron chi connectivity index (χ1n) is 6.13. The lowest BCUT2D eigenvalue weighted by Crippen LogP contribution is -2.31. The molecule has 1 aromatic heterocycles. The summed E-state index contributed by atoms with van der Waals surface area (Å²) in [5.74, 6) is 1.55. The lowest BCUT2D eigenvalue weighted by Gasteiger charge is -2.18. The van der Waals surface area contributed by atoms with E-state index in [1.54, 1.807) is 13.3 Å². The summed E-state index contributed by atoms with van der Waals surface area (Å²) >= 11 is 0. The molecule has 0 aliphatic rings. The van der Waals surface area contributed by atoms with Gasteiger partial charge in [0.15, 0.2) is 0 Å². The van der Waals surface area contributed by atoms with Crippen LogP contribution in [0.3, 0.4) is 0 Å². The monoisotopic (exact) mass is 256 g/mol. The molecule has 0 amide bonds. The first-order chi connectivity index (χ1) is 8.32. The van der Waals surface area contributed by atoms with Crippen molar-refractivity contribution in [3.8, 4) is 0 Å². The van der Waals surface area contributed by atoms with Crippen LogP contribution in [0.25, 0.3) is 0 Å². The van der Waals surface area contributed by atoms with E-state index in [9.17, 15) is 5.11 Å². The van der Waals surface area contributed by atoms with Gasteiger partial charge in [-0.15, -0.1) is 0 Å². The van der Waals surface area contributed by atoms with E-state index in [2.05, 4.69) is 25.8 Å². The maximum atomic E-state index is 9.61. The van der Waals surface area contributed by atoms with Gasteiger partial charge in [0.1, 0.15) is 5.76 Å². The van der Waals surface area contributed by atoms with Crippen LogP contribution in [0.2, 0.25) is 0 Å². The first kappa shape index (κ1) is 15.1. The van der Waals surface area contributed by atoms with Gasteiger partial charge in [-0.25, -0.2) is 4.98 Å². The fraction of sp³-hybridized carbons (Fsp3) is 0.769. The summed E-state index contributed by atoms with van der Waals surface area (Å²) < 4.78 is 10.6. The van der Waals surface area contributed by atoms with Gasteiger partial charge >= 0.3 is 0 Å². The highest BCUT2D eigenvalue weighted by Crippen LogP contribution is 2.22. The number of aliphatic hydroxyl groups excluding tert-OH is 1. The number of ether oxygens (including phenoxy) is 1. The fourth-order valence-corrected chi connectivity index (χ4v) is 1.63. The minimum Gasteiger partial charge on any atom is -0.444 e. The van der Waals surface area contributed by atoms with E-state index in [1.807, 2.05) is 11.9 Å². The van der Waals surface area contributed by atoms with Crippen LogP contribution in [0.5, 0.6) is 0 Å². The number of likely N-dealkylation sites (N-methyl/N-ethyl adjacent to an activating group) is 1. The Labute approximate surface area is 109 Å². The molecular formula is C13H24N2O3. The zero-order valence-corrected chi connectivity index (χ0v) is 11.9. The van der Waals surface area contributed by atoms with Gasteiger partial charge in [-0.1, -0.05) is 20.8 Å². The largest absolute Gasteiger partial charge is 0.444 e. The van der Waals surface area contributed by atoms with Crippen molar-refractivity contribution in [1.82, 2.24) is 9.88 Å². The van der Waals surface area contributed by atoms with Crippen molar-refractivity contribution >= 4 is 0 Å². The fourth-order valence-electron chi connectivity index (χ4n) is 1.63. The Morgan fingerprint density at radius 2 is 2.17 bits per heavy atom. The van der Waals surface area contributed by atoms with E-state index >= 15 is 0 Å². The molecule has 0 radical (unpaired) electrons. The number of aliphatic hydroxyl groups is 1. The quantitative estimate of drug-likeness (QED) is 0.834. The second-order valence-electron chi connectivity index (χ2n) is 5.67. The molecule has 1 rings (SSSR count). The third-order valence-corrected chi connectivity index (χ3v) is 2.58. The first-order valence-corrected chi connectivity index (χ1v) is 6.13. The number of oxazole rings is 1. The molecule has 0 aliphatic heterocycles. The van der Waals surface area contributed by atoms with Crippen molar-refractivity contribution in [2.24, 2.45) is 0 Å². The summed E-state index contributed by atoms with van der Waals surface area (Å²) in [4.78, 5) is 6.21. The second-order valence-corrected chi connectivity index (χ2v) is 5.67. The summed E-state index contributed by atoms with van der Waals surface area (Å²) in [6, 6.07) is 0. The van der Waals surface area contributed by atoms with Crippen molar-refractivity contribution in [3.63, 3.8) is 0 Å². The normalized spacial score (nSPS) is 14.2. The highest BCUT2D eigenvalue weighted by molar-refractivity contribution is 5.05. The molecule has 1 aromatic rings. The maximum absolute atomic E-state index is 9.61. The molecule has 0 aliphatic carbocycles. The third kappa shape index (κ3) is 4.76. The molecule has 0 spiro atoms. The number of hydrogen-bond acceptors (Lipinski definition) is 5. The molecule has 0 aromatic carbocycles. The Kier molecular flexibility index (Phi) is 5.31. The van der Waals surface area contributed by atoms with Crippen molar-refractivity contribution < 1.29 is 14.3 Å². The number of nitrogens with zero attached hydrogens (tertiary/aromatic N) is 2. The maximum Gasteiger partial charge on any atom is 0.208 e. The summed E-state index contributed by atoms with van der Waals surface area (Å²) in [5, 5.41) is 9.61. The van der Waals surface area contributed by atoms with Crippen LogP contribution in [0.15, 0.2) is 10.6 Å². The topological polar surface area (TPSA) is 58.7 Å². The lowest BCUT2D eigenvalue weighted by molar-refractivity contribution is 0.0402. The Morgan fingerprint density at radius 3 is 2.67 bits per heavy atom. The van der Waals surface area contributed by atoms with Crippen LogP contribution in [-0.4, -0.2) is 48.4 Å². The van der Waals surface area contributed by atoms with E-state index in [0.29, 0.717) is 25.6 Å². The minimum atomic E-state index is -0.489. The Balaban J connectivity index is 2.49. The van der Waals surface area contributed by atoms with Crippen molar-refractivity contribution in [1.29, 1.82) is 0 Å². The summed E-state index contributed by atoms with van der Waals surface area (Å²) in [7, 11) is 3.49. The molecule has 104 valence electrons. The van der Waals surface area contributed by atoms with Crippen LogP contribution < -0.4 is 0 Å². The van der Waals surface area contributed by atoms with Gasteiger partial charge in [0, 0.05) is 19.1 Å². The molecule has 0 bridgehead atoms. The smallest absolute Gasteiger partial charge is 0.208 e. The molecule has 1 unspecified atom stereocenters. The zero-order chi connectivity index (χ0) is 13.8. The number of methoxy groups -OCH3 is 1. The standard InChI is InChI=1S/C13H24N2O3/c1-13(2,3)11-6-14-12(18-11)8-15(4)7-10(16)9-17-5/h6,10,16H,7-9H2,1-5H3. The number of aromatic nitrogens is 1. The summed E-state index contributed by atoms with van der Waals surface area (Å²) in [6.07, 6.45) is 1.28. The van der Waals surface area contributed by atoms with Crippen molar-refractivity contribution in [3.05, 3.63) is 17.8 Å². The lowest BCUT2D eigenvalue weighted by atomic mass is 9.94. The average Bonchev–Trinajstić information content (AvgIpc) is 2.65. The zero-order valence-electron chi connectivity index (χ0n) is 11.9. The van der Waals surface area contributed by atoms with Gasteiger partial charge in [-0.3, -0.25) is 4.90 Å². The van der Waals surface area contributed by atoms with Crippen LogP contribution >= 0.6 is 0 Å². The predicted octanol–water partition coefficient (Wildman–Crippen LogP) is 1.41. The highest BCUT2D eigenvalue weighted by Gasteiger charge is 2.19. The minimum absolute atomic E-state index is 0.0284. The van der Waals surface area contributed by atoms with E-state index in [4.69, 9.17) is 9.15 Å². The van der Waals surface area contributed by atoms with E-state index in [-0.39, 0.29) is 5.41 Å². The number of hydrogen-bond donors (Lipinski definition) is 1. The van der Waals surface area contributed by atoms with Crippen LogP contribution in [0, 0.1) is 0 Å². The molecule has 1 heterocycles. The highest BCUT2D eigenvalue weighted by atomic mass is 16.5. The Morgan fingerprint density at radius 1 is 1.50 bits per heavy atom. The van der Waals surface area contributed by atoms with Gasteiger partial charge in [-0.2, -0.15) is 0 Å². The van der Waals surface area contributed by atoms with E-state index in [1.165, 1.54) is 0 Å². The van der Waals surface area contributed by atoms with Crippen LogP contribution in [0.1, 0.15) is 32.4 Å². The molecule has 5 nitrogen and oxygen atoms in total. The van der Waals surface area contributed by atoms with Gasteiger partial charge < -0.3 is 14.3 Å². The predicted molar refractivity (Wildman–Crippen MR) is 69.4 cm³/mol. The number of rotatable bonds is 6. The average molecular weight is 256 g/mol. The van der Waals surface area contributed by atoms with Crippen molar-refractivity contribution in [2.75, 3.05) is 27.3 Å². The van der Waals surface area contributed by atoms with Gasteiger partial charge in [0.05, 0.1) is 25.5 Å². The molecule has 1 N–H and O–H groups in total. The Hall–Kier alpha value is -0.910. The van der Waals surface area contributed by atoms with E-state index in [0.717, 1.165) is 5.76 Å². The molecule has 18 heavy (non-hydrogen) atoms. The second kappa shape index (κ2) is 6.31. The molecule has 0 fully saturated rings. The van der Waals surface area contributed by atoms with Crippen LogP contribution in [-0.2, 0) is 16.7 Å². The van der Waals surface area contributed by atoms with Crippen LogP contribution in [0.4, 0.5) is 0 Å². The van der Waals surface area contributed by atoms with Crippen molar-refractivity contribution in [2.45, 2.75) is 38.8 Å². The molecule has 5 heteroatoms. The van der Waals surface area contributed by atoms with E-state index < -0.39 is 6.10 Å². The van der Waals surface area contributed by atoms with Gasteiger partial charge in [-0.05, 0) is 7.05 Å². The summed E-state index contributed by atoms with van der Waals surface area (Å²) in [6.45, 7) is 7.71. The molecular weight excluding hydrogens is 232 g/mol. The van der Waals surface area contributed by atoms with Gasteiger partial charge in [0.2, 0.25) is 5.89 Å². The van der Waals surface area contributed by atoms with Gasteiger partial charge in [0.25, 0.3) is 0 Å².